The van der Waals surface area contributed by atoms with Crippen LogP contribution in [0.25, 0.3) is 0 Å². The molecule has 0 amide bonds. The first-order valence-corrected chi connectivity index (χ1v) is 5.77. The molecule has 4 nitrogen and oxygen atoms in total. The van der Waals surface area contributed by atoms with E-state index in [1.54, 1.807) is 0 Å². The van der Waals surface area contributed by atoms with E-state index in [4.69, 9.17) is 5.11 Å². The molecule has 90 valence electrons. The molecule has 2 N–H and O–H groups in total. The van der Waals surface area contributed by atoms with E-state index in [9.17, 15) is 4.79 Å². The third-order valence-corrected chi connectivity index (χ3v) is 2.49. The van der Waals surface area contributed by atoms with Gasteiger partial charge in [0, 0.05) is 19.0 Å². The van der Waals surface area contributed by atoms with E-state index in [0.717, 1.165) is 26.2 Å². The molecular formula is C11H24N2O2. The zero-order chi connectivity index (χ0) is 11.7. The predicted molar refractivity (Wildman–Crippen MR) is 62.1 cm³/mol. The summed E-state index contributed by atoms with van der Waals surface area (Å²) in [7, 11) is 0. The first-order chi connectivity index (χ1) is 7.10. The van der Waals surface area contributed by atoms with Gasteiger partial charge in [-0.1, -0.05) is 13.8 Å². The van der Waals surface area contributed by atoms with Crippen LogP contribution in [0.5, 0.6) is 0 Å². The Morgan fingerprint density at radius 1 is 1.40 bits per heavy atom. The largest absolute Gasteiger partial charge is 0.481 e. The highest BCUT2D eigenvalue weighted by Crippen LogP contribution is 1.93. The Kier molecular flexibility index (Phi) is 8.33. The zero-order valence-corrected chi connectivity index (χ0v) is 10.1. The van der Waals surface area contributed by atoms with Crippen LogP contribution in [0.4, 0.5) is 0 Å². The molecule has 0 saturated heterocycles. The van der Waals surface area contributed by atoms with Crippen LogP contribution in [0.3, 0.4) is 0 Å². The van der Waals surface area contributed by atoms with Gasteiger partial charge in [0.15, 0.2) is 0 Å². The van der Waals surface area contributed by atoms with E-state index in [1.165, 1.54) is 0 Å². The fourth-order valence-corrected chi connectivity index (χ4v) is 1.52. The Bertz CT molecular complexity index is 170. The van der Waals surface area contributed by atoms with Gasteiger partial charge in [-0.05, 0) is 33.0 Å². The van der Waals surface area contributed by atoms with Crippen LogP contribution in [0.2, 0.25) is 0 Å². The van der Waals surface area contributed by atoms with Gasteiger partial charge in [0.25, 0.3) is 0 Å². The first kappa shape index (κ1) is 14.4. The van der Waals surface area contributed by atoms with Crippen molar-refractivity contribution in [1.29, 1.82) is 0 Å². The predicted octanol–water partition coefficient (Wildman–Crippen LogP) is 1.17. The van der Waals surface area contributed by atoms with Gasteiger partial charge in [-0.15, -0.1) is 0 Å². The Labute approximate surface area is 92.7 Å². The number of nitrogens with one attached hydrogen (secondary N) is 1. The van der Waals surface area contributed by atoms with Gasteiger partial charge in [-0.2, -0.15) is 0 Å². The fourth-order valence-electron chi connectivity index (χ4n) is 1.52. The monoisotopic (exact) mass is 216 g/mol. The van der Waals surface area contributed by atoms with Gasteiger partial charge in [-0.3, -0.25) is 4.79 Å². The second kappa shape index (κ2) is 8.68. The van der Waals surface area contributed by atoms with E-state index in [1.807, 2.05) is 0 Å². The summed E-state index contributed by atoms with van der Waals surface area (Å²) in [6, 6.07) is 0.429. The minimum Gasteiger partial charge on any atom is -0.481 e. The summed E-state index contributed by atoms with van der Waals surface area (Å²) in [5, 5.41) is 11.8. The average molecular weight is 216 g/mol. The Balaban J connectivity index is 3.47. The second-order valence-corrected chi connectivity index (χ2v) is 3.84. The van der Waals surface area contributed by atoms with E-state index in [0.29, 0.717) is 12.5 Å². The lowest BCUT2D eigenvalue weighted by molar-refractivity contribution is -0.137. The summed E-state index contributed by atoms with van der Waals surface area (Å²) < 4.78 is 0. The van der Waals surface area contributed by atoms with Crippen molar-refractivity contribution in [2.24, 2.45) is 0 Å². The third kappa shape index (κ3) is 8.39. The summed E-state index contributed by atoms with van der Waals surface area (Å²) in [5.41, 5.74) is 0. The van der Waals surface area contributed by atoms with E-state index in [-0.39, 0.29) is 6.42 Å². The smallest absolute Gasteiger partial charge is 0.303 e. The molecule has 0 aromatic carbocycles. The molecule has 4 heteroatoms. The lowest BCUT2D eigenvalue weighted by atomic mass is 10.2. The van der Waals surface area contributed by atoms with Crippen molar-refractivity contribution in [2.45, 2.75) is 39.7 Å². The topological polar surface area (TPSA) is 52.6 Å². The summed E-state index contributed by atoms with van der Waals surface area (Å²) in [6.45, 7) is 10.4. The number of likely N-dealkylation sites (N-methyl/N-ethyl adjacent to an activating group) is 1. The van der Waals surface area contributed by atoms with Crippen LogP contribution in [-0.4, -0.2) is 48.2 Å². The maximum atomic E-state index is 10.3. The molecule has 1 unspecified atom stereocenters. The standard InChI is InChI=1S/C11H24N2O2/c1-4-13(5-2)9-10(3)12-8-6-7-11(14)15/h10,12H,4-9H2,1-3H3,(H,14,15). The van der Waals surface area contributed by atoms with Crippen molar-refractivity contribution >= 4 is 5.97 Å². The average Bonchev–Trinajstić information content (AvgIpc) is 2.20. The number of rotatable bonds is 9. The Morgan fingerprint density at radius 2 is 2.00 bits per heavy atom. The van der Waals surface area contributed by atoms with Gasteiger partial charge in [-0.25, -0.2) is 0 Å². The van der Waals surface area contributed by atoms with Crippen molar-refractivity contribution in [3.63, 3.8) is 0 Å². The number of nitrogens with zero attached hydrogens (tertiary/aromatic N) is 1. The Morgan fingerprint density at radius 3 is 2.47 bits per heavy atom. The SMILES string of the molecule is CCN(CC)CC(C)NCCCC(=O)O. The molecule has 0 rings (SSSR count). The lowest BCUT2D eigenvalue weighted by Crippen LogP contribution is -2.39. The van der Waals surface area contributed by atoms with Crippen molar-refractivity contribution in [3.05, 3.63) is 0 Å². The van der Waals surface area contributed by atoms with Crippen molar-refractivity contribution < 1.29 is 9.90 Å². The highest BCUT2D eigenvalue weighted by Gasteiger charge is 2.06. The Hall–Kier alpha value is -0.610. The van der Waals surface area contributed by atoms with Gasteiger partial charge >= 0.3 is 5.97 Å². The van der Waals surface area contributed by atoms with E-state index in [2.05, 4.69) is 31.0 Å². The van der Waals surface area contributed by atoms with E-state index >= 15 is 0 Å². The summed E-state index contributed by atoms with van der Waals surface area (Å²) in [5.74, 6) is -0.715. The molecule has 0 heterocycles. The number of carboxylic acid groups (broad SMARTS) is 1. The molecule has 0 saturated carbocycles. The number of carbonyl (C=O) groups is 1. The molecule has 0 bridgehead atoms. The van der Waals surface area contributed by atoms with E-state index < -0.39 is 5.97 Å². The molecular weight excluding hydrogens is 192 g/mol. The normalized spacial score (nSPS) is 13.1. The summed E-state index contributed by atoms with van der Waals surface area (Å²) >= 11 is 0. The molecule has 0 spiro atoms. The number of hydrogen-bond acceptors (Lipinski definition) is 3. The quantitative estimate of drug-likeness (QED) is 0.568. The highest BCUT2D eigenvalue weighted by molar-refractivity contribution is 5.66. The van der Waals surface area contributed by atoms with Crippen LogP contribution in [0, 0.1) is 0 Å². The minimum atomic E-state index is -0.715. The van der Waals surface area contributed by atoms with Gasteiger partial charge in [0.2, 0.25) is 0 Å². The summed E-state index contributed by atoms with van der Waals surface area (Å²) in [4.78, 5) is 12.6. The maximum absolute atomic E-state index is 10.3. The fraction of sp³-hybridized carbons (Fsp3) is 0.909. The molecule has 0 fully saturated rings. The molecule has 0 aromatic heterocycles. The zero-order valence-electron chi connectivity index (χ0n) is 10.1. The minimum absolute atomic E-state index is 0.255. The molecule has 1 atom stereocenters. The first-order valence-electron chi connectivity index (χ1n) is 5.77. The number of hydrogen-bond donors (Lipinski definition) is 2. The number of aliphatic carboxylic acids is 1. The second-order valence-electron chi connectivity index (χ2n) is 3.84. The van der Waals surface area contributed by atoms with Crippen LogP contribution < -0.4 is 5.32 Å². The third-order valence-electron chi connectivity index (χ3n) is 2.49. The van der Waals surface area contributed by atoms with Crippen molar-refractivity contribution in [1.82, 2.24) is 10.2 Å². The van der Waals surface area contributed by atoms with Gasteiger partial charge in [0.1, 0.15) is 0 Å². The van der Waals surface area contributed by atoms with Crippen molar-refractivity contribution in [3.8, 4) is 0 Å². The maximum Gasteiger partial charge on any atom is 0.303 e. The highest BCUT2D eigenvalue weighted by atomic mass is 16.4. The molecule has 0 aliphatic carbocycles. The van der Waals surface area contributed by atoms with Gasteiger partial charge < -0.3 is 15.3 Å². The van der Waals surface area contributed by atoms with Gasteiger partial charge in [0.05, 0.1) is 0 Å². The molecule has 0 aromatic rings. The summed E-state index contributed by atoms with van der Waals surface area (Å²) in [6.07, 6.45) is 0.961. The van der Waals surface area contributed by atoms with Crippen LogP contribution in [0.15, 0.2) is 0 Å². The van der Waals surface area contributed by atoms with Crippen LogP contribution in [-0.2, 0) is 4.79 Å². The van der Waals surface area contributed by atoms with Crippen molar-refractivity contribution in [2.75, 3.05) is 26.2 Å². The molecule has 0 aliphatic heterocycles. The van der Waals surface area contributed by atoms with Crippen LogP contribution >= 0.6 is 0 Å². The molecule has 15 heavy (non-hydrogen) atoms. The molecule has 0 aliphatic rings. The van der Waals surface area contributed by atoms with Crippen LogP contribution in [0.1, 0.15) is 33.6 Å². The molecule has 0 radical (unpaired) electrons. The lowest BCUT2D eigenvalue weighted by Gasteiger charge is -2.23. The number of carboxylic acids is 1.